The summed E-state index contributed by atoms with van der Waals surface area (Å²) in [4.78, 5) is 17.0. The fourth-order valence-corrected chi connectivity index (χ4v) is 3.24. The van der Waals surface area contributed by atoms with Crippen molar-refractivity contribution in [3.63, 3.8) is 0 Å². The summed E-state index contributed by atoms with van der Waals surface area (Å²) in [5.74, 6) is 0.622. The average Bonchev–Trinajstić information content (AvgIpc) is 2.68. The van der Waals surface area contributed by atoms with Crippen LogP contribution in [0.1, 0.15) is 11.1 Å². The first-order chi connectivity index (χ1) is 13.0. The molecule has 27 heavy (non-hydrogen) atoms. The van der Waals surface area contributed by atoms with E-state index < -0.39 is 0 Å². The van der Waals surface area contributed by atoms with Crippen molar-refractivity contribution >= 4 is 23.4 Å². The van der Waals surface area contributed by atoms with Crippen LogP contribution in [-0.2, 0) is 4.79 Å². The second kappa shape index (κ2) is 8.73. The number of aryl methyl sites for hydroxylation is 1. The van der Waals surface area contributed by atoms with Crippen molar-refractivity contribution in [1.82, 2.24) is 4.90 Å². The average molecular weight is 365 g/mol. The van der Waals surface area contributed by atoms with E-state index in [2.05, 4.69) is 35.2 Å². The van der Waals surface area contributed by atoms with Crippen molar-refractivity contribution in [1.29, 1.82) is 0 Å². The second-order valence-electron chi connectivity index (χ2n) is 6.89. The number of rotatable bonds is 5. The van der Waals surface area contributed by atoms with E-state index in [0.717, 1.165) is 43.2 Å². The minimum absolute atomic E-state index is 0.149. The molecule has 1 fully saturated rings. The van der Waals surface area contributed by atoms with Gasteiger partial charge in [-0.3, -0.25) is 4.79 Å². The van der Waals surface area contributed by atoms with Gasteiger partial charge in [0.05, 0.1) is 7.11 Å². The Bertz CT molecular complexity index is 824. The van der Waals surface area contributed by atoms with E-state index in [1.807, 2.05) is 36.4 Å². The normalized spacial score (nSPS) is 15.1. The molecule has 0 spiro atoms. The first kappa shape index (κ1) is 19.0. The van der Waals surface area contributed by atoms with Crippen molar-refractivity contribution < 1.29 is 9.53 Å². The molecular formula is C22H27N3O2. The van der Waals surface area contributed by atoms with Gasteiger partial charge >= 0.3 is 0 Å². The van der Waals surface area contributed by atoms with Crippen molar-refractivity contribution in [2.24, 2.45) is 0 Å². The molecule has 0 radical (unpaired) electrons. The van der Waals surface area contributed by atoms with Crippen molar-refractivity contribution in [2.75, 3.05) is 50.6 Å². The van der Waals surface area contributed by atoms with Gasteiger partial charge in [0.1, 0.15) is 5.75 Å². The Morgan fingerprint density at radius 3 is 2.59 bits per heavy atom. The van der Waals surface area contributed by atoms with E-state index in [-0.39, 0.29) is 5.91 Å². The number of anilines is 2. The zero-order chi connectivity index (χ0) is 19.2. The monoisotopic (exact) mass is 365 g/mol. The SMILES string of the molecule is COc1cccc(/C=C/C(=O)Nc2ccc(N3CCN(C)CC3)c(C)c2)c1. The van der Waals surface area contributed by atoms with Crippen LogP contribution in [0.3, 0.4) is 0 Å². The van der Waals surface area contributed by atoms with Crippen molar-refractivity contribution in [2.45, 2.75) is 6.92 Å². The highest BCUT2D eigenvalue weighted by Gasteiger charge is 2.16. The van der Waals surface area contributed by atoms with Crippen LogP contribution in [0.5, 0.6) is 5.75 Å². The molecule has 0 saturated carbocycles. The predicted octanol–water partition coefficient (Wildman–Crippen LogP) is 3.41. The first-order valence-electron chi connectivity index (χ1n) is 9.22. The molecule has 1 saturated heterocycles. The van der Waals surface area contributed by atoms with E-state index in [9.17, 15) is 4.79 Å². The van der Waals surface area contributed by atoms with Crippen molar-refractivity contribution in [3.8, 4) is 5.75 Å². The third kappa shape index (κ3) is 5.11. The van der Waals surface area contributed by atoms with Crippen LogP contribution in [0, 0.1) is 6.92 Å². The minimum atomic E-state index is -0.149. The van der Waals surface area contributed by atoms with Gasteiger partial charge in [0.2, 0.25) is 5.91 Å². The number of hydrogen-bond donors (Lipinski definition) is 1. The molecule has 1 aliphatic rings. The smallest absolute Gasteiger partial charge is 0.248 e. The number of carbonyl (C=O) groups is 1. The van der Waals surface area contributed by atoms with Crippen LogP contribution in [-0.4, -0.2) is 51.1 Å². The van der Waals surface area contributed by atoms with Crippen LogP contribution in [0.15, 0.2) is 48.5 Å². The van der Waals surface area contributed by atoms with Gasteiger partial charge in [0, 0.05) is 43.6 Å². The van der Waals surface area contributed by atoms with Gasteiger partial charge < -0.3 is 19.9 Å². The Morgan fingerprint density at radius 1 is 1.11 bits per heavy atom. The quantitative estimate of drug-likeness (QED) is 0.825. The summed E-state index contributed by atoms with van der Waals surface area (Å²) in [5.41, 5.74) is 4.15. The molecular weight excluding hydrogens is 338 g/mol. The molecule has 5 nitrogen and oxygen atoms in total. The molecule has 1 N–H and O–H groups in total. The lowest BCUT2D eigenvalue weighted by atomic mass is 10.1. The maximum absolute atomic E-state index is 12.2. The number of nitrogens with zero attached hydrogens (tertiary/aromatic N) is 2. The lowest BCUT2D eigenvalue weighted by molar-refractivity contribution is -0.111. The standard InChI is InChI=1S/C22H27N3O2/c1-17-15-19(8-9-21(17)25-13-11-24(2)12-14-25)23-22(26)10-7-18-5-4-6-20(16-18)27-3/h4-10,15-16H,11-14H2,1-3H3,(H,23,26)/b10-7+. The molecule has 1 aliphatic heterocycles. The van der Waals surface area contributed by atoms with Gasteiger partial charge in [-0.1, -0.05) is 12.1 Å². The van der Waals surface area contributed by atoms with Gasteiger partial charge in [-0.15, -0.1) is 0 Å². The molecule has 0 unspecified atom stereocenters. The van der Waals surface area contributed by atoms with Crippen molar-refractivity contribution in [3.05, 3.63) is 59.7 Å². The van der Waals surface area contributed by atoms with Crippen LogP contribution < -0.4 is 15.0 Å². The van der Waals surface area contributed by atoms with Gasteiger partial charge in [0.15, 0.2) is 0 Å². The molecule has 0 atom stereocenters. The molecule has 0 aromatic heterocycles. The number of piperazine rings is 1. The molecule has 3 rings (SSSR count). The van der Waals surface area contributed by atoms with E-state index >= 15 is 0 Å². The number of nitrogens with one attached hydrogen (secondary N) is 1. The highest BCUT2D eigenvalue weighted by Crippen LogP contribution is 2.24. The maximum Gasteiger partial charge on any atom is 0.248 e. The number of benzene rings is 2. The molecule has 2 aromatic carbocycles. The molecule has 142 valence electrons. The topological polar surface area (TPSA) is 44.8 Å². The summed E-state index contributed by atoms with van der Waals surface area (Å²) in [6, 6.07) is 13.7. The summed E-state index contributed by atoms with van der Waals surface area (Å²) in [6.07, 6.45) is 3.32. The fourth-order valence-electron chi connectivity index (χ4n) is 3.24. The van der Waals surface area contributed by atoms with E-state index in [0.29, 0.717) is 0 Å². The lowest BCUT2D eigenvalue weighted by Crippen LogP contribution is -2.44. The Balaban J connectivity index is 1.62. The lowest BCUT2D eigenvalue weighted by Gasteiger charge is -2.35. The van der Waals surface area contributed by atoms with Gasteiger partial charge in [-0.25, -0.2) is 0 Å². The first-order valence-corrected chi connectivity index (χ1v) is 9.22. The fraction of sp³-hybridized carbons (Fsp3) is 0.318. The number of methoxy groups -OCH3 is 1. The molecule has 0 aliphatic carbocycles. The van der Waals surface area contributed by atoms with Crippen LogP contribution >= 0.6 is 0 Å². The molecule has 5 heteroatoms. The summed E-state index contributed by atoms with van der Waals surface area (Å²) >= 11 is 0. The number of amides is 1. The summed E-state index contributed by atoms with van der Waals surface area (Å²) < 4.78 is 5.20. The Hall–Kier alpha value is -2.79. The third-order valence-electron chi connectivity index (χ3n) is 4.83. The zero-order valence-electron chi connectivity index (χ0n) is 16.2. The minimum Gasteiger partial charge on any atom is -0.497 e. The van der Waals surface area contributed by atoms with E-state index in [4.69, 9.17) is 4.74 Å². The molecule has 1 heterocycles. The molecule has 2 aromatic rings. The van der Waals surface area contributed by atoms with Crippen LogP contribution in [0.2, 0.25) is 0 Å². The molecule has 0 bridgehead atoms. The summed E-state index contributed by atoms with van der Waals surface area (Å²) in [5, 5.41) is 2.94. The third-order valence-corrected chi connectivity index (χ3v) is 4.83. The van der Waals surface area contributed by atoms with Crippen LogP contribution in [0.4, 0.5) is 11.4 Å². The number of likely N-dealkylation sites (N-methyl/N-ethyl adjacent to an activating group) is 1. The predicted molar refractivity (Wildman–Crippen MR) is 112 cm³/mol. The highest BCUT2D eigenvalue weighted by atomic mass is 16.5. The number of ether oxygens (including phenoxy) is 1. The highest BCUT2D eigenvalue weighted by molar-refractivity contribution is 6.02. The number of hydrogen-bond acceptors (Lipinski definition) is 4. The van der Waals surface area contributed by atoms with Crippen LogP contribution in [0.25, 0.3) is 6.08 Å². The number of carbonyl (C=O) groups excluding carboxylic acids is 1. The van der Waals surface area contributed by atoms with Gasteiger partial charge in [0.25, 0.3) is 0 Å². The van der Waals surface area contributed by atoms with Gasteiger partial charge in [-0.2, -0.15) is 0 Å². The second-order valence-corrected chi connectivity index (χ2v) is 6.89. The maximum atomic E-state index is 12.2. The zero-order valence-corrected chi connectivity index (χ0v) is 16.2. The summed E-state index contributed by atoms with van der Waals surface area (Å²) in [6.45, 7) is 6.31. The Labute approximate surface area is 161 Å². The Morgan fingerprint density at radius 2 is 1.89 bits per heavy atom. The molecule has 1 amide bonds. The summed E-state index contributed by atoms with van der Waals surface area (Å²) in [7, 11) is 3.78. The van der Waals surface area contributed by atoms with E-state index in [1.165, 1.54) is 11.3 Å². The largest absolute Gasteiger partial charge is 0.497 e. The van der Waals surface area contributed by atoms with Gasteiger partial charge in [-0.05, 0) is 61.5 Å². The van der Waals surface area contributed by atoms with E-state index in [1.54, 1.807) is 19.3 Å². The Kier molecular flexibility index (Phi) is 6.14.